The number of likely N-dealkylation sites (tertiary alicyclic amines) is 1. The van der Waals surface area contributed by atoms with Crippen LogP contribution in [0.15, 0.2) is 33.9 Å². The molecule has 0 aliphatic carbocycles. The van der Waals surface area contributed by atoms with Gasteiger partial charge in [0.05, 0.1) is 0 Å². The lowest BCUT2D eigenvalue weighted by atomic mass is 9.92. The molecule has 0 spiro atoms. The van der Waals surface area contributed by atoms with Gasteiger partial charge in [-0.25, -0.2) is 8.42 Å². The number of aromatic nitrogens is 2. The van der Waals surface area contributed by atoms with Crippen molar-refractivity contribution in [3.8, 4) is 11.5 Å². The molecule has 2 heterocycles. The summed E-state index contributed by atoms with van der Waals surface area (Å²) in [4.78, 5) is 14.1. The molecule has 0 bridgehead atoms. The number of piperidine rings is 1. The molecule has 140 valence electrons. The lowest BCUT2D eigenvalue weighted by Crippen LogP contribution is -2.44. The first-order valence-electron chi connectivity index (χ1n) is 8.65. The minimum atomic E-state index is -3.97. The highest BCUT2D eigenvalue weighted by atomic mass is 32.2. The third-order valence-electron chi connectivity index (χ3n) is 4.47. The second kappa shape index (κ2) is 7.19. The van der Waals surface area contributed by atoms with Crippen LogP contribution in [0.4, 0.5) is 0 Å². The van der Waals surface area contributed by atoms with E-state index >= 15 is 0 Å². The summed E-state index contributed by atoms with van der Waals surface area (Å²) >= 11 is 0. The molecule has 1 saturated heterocycles. The minimum absolute atomic E-state index is 0.125. The van der Waals surface area contributed by atoms with E-state index in [9.17, 15) is 13.2 Å². The summed E-state index contributed by atoms with van der Waals surface area (Å²) in [5.74, 6) is -0.218. The van der Waals surface area contributed by atoms with Crippen molar-refractivity contribution < 1.29 is 17.6 Å². The molecule has 1 fully saturated rings. The molecule has 1 amide bonds. The van der Waals surface area contributed by atoms with Gasteiger partial charge in [-0.1, -0.05) is 36.6 Å². The first-order chi connectivity index (χ1) is 12.2. The smallest absolute Gasteiger partial charge is 0.336 e. The Bertz CT molecular complexity index is 897. The Hall–Kier alpha value is -2.22. The monoisotopic (exact) mass is 377 g/mol. The van der Waals surface area contributed by atoms with Crippen LogP contribution in [-0.2, 0) is 14.6 Å². The number of nitrogens with zero attached hydrogens (tertiary/aromatic N) is 3. The number of carbonyl (C=O) groups is 1. The Morgan fingerprint density at radius 2 is 1.92 bits per heavy atom. The maximum Gasteiger partial charge on any atom is 0.336 e. The second-order valence-electron chi connectivity index (χ2n) is 7.25. The number of carbonyl (C=O) groups excluding carboxylic acids is 1. The summed E-state index contributed by atoms with van der Waals surface area (Å²) in [5, 5.41) is 6.95. The maximum absolute atomic E-state index is 12.5. The fourth-order valence-corrected chi connectivity index (χ4v) is 4.41. The van der Waals surface area contributed by atoms with Crippen molar-refractivity contribution in [2.45, 2.75) is 32.4 Å². The average Bonchev–Trinajstić information content (AvgIpc) is 3.04. The number of hydrogen-bond donors (Lipinski definition) is 0. The number of aryl methyl sites for hydroxylation is 1. The normalized spacial score (nSPS) is 21.0. The predicted molar refractivity (Wildman–Crippen MR) is 96.0 cm³/mol. The zero-order valence-corrected chi connectivity index (χ0v) is 16.0. The van der Waals surface area contributed by atoms with Gasteiger partial charge in [-0.05, 0) is 37.3 Å². The molecule has 26 heavy (non-hydrogen) atoms. The highest BCUT2D eigenvalue weighted by Gasteiger charge is 2.31. The van der Waals surface area contributed by atoms with Gasteiger partial charge in [-0.3, -0.25) is 4.79 Å². The van der Waals surface area contributed by atoms with Crippen LogP contribution in [0.25, 0.3) is 11.5 Å². The second-order valence-corrected chi connectivity index (χ2v) is 9.11. The molecule has 1 aliphatic heterocycles. The minimum Gasteiger partial charge on any atom is -0.408 e. The van der Waals surface area contributed by atoms with E-state index in [0.29, 0.717) is 30.5 Å². The molecular formula is C18H23N3O4S. The maximum atomic E-state index is 12.5. The topological polar surface area (TPSA) is 93.4 Å². The van der Waals surface area contributed by atoms with Gasteiger partial charge >= 0.3 is 5.22 Å². The molecule has 0 radical (unpaired) electrons. The van der Waals surface area contributed by atoms with E-state index in [1.807, 2.05) is 25.1 Å². The number of hydrogen-bond acceptors (Lipinski definition) is 6. The molecule has 3 rings (SSSR count). The predicted octanol–water partition coefficient (Wildman–Crippen LogP) is 2.32. The Labute approximate surface area is 153 Å². The van der Waals surface area contributed by atoms with Crippen LogP contribution in [0, 0.1) is 18.8 Å². The number of benzene rings is 1. The van der Waals surface area contributed by atoms with E-state index in [0.717, 1.165) is 12.0 Å². The first kappa shape index (κ1) is 18.6. The highest BCUT2D eigenvalue weighted by molar-refractivity contribution is 7.91. The van der Waals surface area contributed by atoms with E-state index in [2.05, 4.69) is 24.0 Å². The van der Waals surface area contributed by atoms with Crippen molar-refractivity contribution in [1.29, 1.82) is 0 Å². The van der Waals surface area contributed by atoms with Gasteiger partial charge in [0.25, 0.3) is 0 Å². The Balaban J connectivity index is 1.75. The summed E-state index contributed by atoms with van der Waals surface area (Å²) in [7, 11) is -3.97. The van der Waals surface area contributed by atoms with Crippen LogP contribution >= 0.6 is 0 Å². The summed E-state index contributed by atoms with van der Waals surface area (Å²) < 4.78 is 30.4. The third-order valence-corrected chi connectivity index (χ3v) is 5.80. The molecule has 2 aromatic rings. The summed E-state index contributed by atoms with van der Waals surface area (Å²) in [5.41, 5.74) is 1.64. The lowest BCUT2D eigenvalue weighted by molar-refractivity contribution is -0.131. The van der Waals surface area contributed by atoms with Crippen molar-refractivity contribution in [1.82, 2.24) is 15.1 Å². The van der Waals surface area contributed by atoms with Crippen LogP contribution < -0.4 is 0 Å². The first-order valence-corrected chi connectivity index (χ1v) is 10.3. The largest absolute Gasteiger partial charge is 0.408 e. The van der Waals surface area contributed by atoms with Crippen LogP contribution in [0.5, 0.6) is 0 Å². The van der Waals surface area contributed by atoms with E-state index in [1.165, 1.54) is 0 Å². The Kier molecular flexibility index (Phi) is 5.13. The molecule has 1 aliphatic rings. The fraction of sp³-hybridized carbons (Fsp3) is 0.500. The molecule has 1 aromatic heterocycles. The molecule has 7 nitrogen and oxygen atoms in total. The van der Waals surface area contributed by atoms with Crippen LogP contribution in [0.1, 0.15) is 25.8 Å². The van der Waals surface area contributed by atoms with Gasteiger partial charge in [-0.15, -0.1) is 5.10 Å². The lowest BCUT2D eigenvalue weighted by Gasteiger charge is -2.34. The van der Waals surface area contributed by atoms with E-state index < -0.39 is 26.7 Å². The van der Waals surface area contributed by atoms with E-state index in [1.54, 1.807) is 11.0 Å². The number of sulfone groups is 1. The highest BCUT2D eigenvalue weighted by Crippen LogP contribution is 2.23. The van der Waals surface area contributed by atoms with Gasteiger partial charge in [0.2, 0.25) is 21.6 Å². The molecule has 1 aromatic carbocycles. The van der Waals surface area contributed by atoms with Crippen molar-refractivity contribution >= 4 is 15.7 Å². The molecule has 8 heteroatoms. The van der Waals surface area contributed by atoms with Gasteiger partial charge in [0.15, 0.2) is 0 Å². The van der Waals surface area contributed by atoms with Gasteiger partial charge in [0.1, 0.15) is 5.75 Å². The van der Waals surface area contributed by atoms with Crippen LogP contribution in [-0.4, -0.2) is 48.3 Å². The summed E-state index contributed by atoms with van der Waals surface area (Å²) in [6.07, 6.45) is 1.04. The van der Waals surface area contributed by atoms with Gasteiger partial charge < -0.3 is 9.32 Å². The molecular weight excluding hydrogens is 354 g/mol. The number of rotatable bonds is 4. The van der Waals surface area contributed by atoms with Crippen molar-refractivity contribution in [3.63, 3.8) is 0 Å². The molecule has 2 atom stereocenters. The molecule has 0 N–H and O–H groups in total. The molecule has 2 unspecified atom stereocenters. The van der Waals surface area contributed by atoms with Gasteiger partial charge in [-0.2, -0.15) is 0 Å². The SMILES string of the molecule is Cc1cccc(-c2nnc(S(=O)(=O)CC(=O)N3CC(C)CC(C)C3)o2)c1. The molecule has 0 saturated carbocycles. The van der Waals surface area contributed by atoms with Crippen LogP contribution in [0.2, 0.25) is 0 Å². The fourth-order valence-electron chi connectivity index (χ4n) is 3.41. The van der Waals surface area contributed by atoms with Crippen LogP contribution in [0.3, 0.4) is 0 Å². The van der Waals surface area contributed by atoms with Gasteiger partial charge in [0, 0.05) is 18.7 Å². The van der Waals surface area contributed by atoms with Crippen molar-refractivity contribution in [2.75, 3.05) is 18.8 Å². The van der Waals surface area contributed by atoms with E-state index in [4.69, 9.17) is 4.42 Å². The summed E-state index contributed by atoms with van der Waals surface area (Å²) in [6, 6.07) is 7.33. The van der Waals surface area contributed by atoms with Crippen molar-refractivity contribution in [2.24, 2.45) is 11.8 Å². The Morgan fingerprint density at radius 1 is 1.23 bits per heavy atom. The summed E-state index contributed by atoms with van der Waals surface area (Å²) in [6.45, 7) is 7.21. The van der Waals surface area contributed by atoms with E-state index in [-0.39, 0.29) is 5.89 Å². The third kappa shape index (κ3) is 4.12. The van der Waals surface area contributed by atoms with Crippen molar-refractivity contribution in [3.05, 3.63) is 29.8 Å². The average molecular weight is 377 g/mol. The number of amides is 1. The zero-order valence-electron chi connectivity index (χ0n) is 15.2. The zero-order chi connectivity index (χ0) is 18.9. The Morgan fingerprint density at radius 3 is 2.58 bits per heavy atom. The standard InChI is InChI=1S/C18H23N3O4S/c1-12-5-4-6-15(8-12)17-19-20-18(25-17)26(23,24)11-16(22)21-9-13(2)7-14(3)10-21/h4-6,8,13-14H,7,9-11H2,1-3H3. The quantitative estimate of drug-likeness (QED) is 0.812.